The third-order valence-electron chi connectivity index (χ3n) is 3.27. The molecule has 1 aliphatic heterocycles. The zero-order valence-electron chi connectivity index (χ0n) is 10.3. The van der Waals surface area contributed by atoms with E-state index in [0.717, 1.165) is 37.3 Å². The van der Waals surface area contributed by atoms with Gasteiger partial charge in [0.05, 0.1) is 11.8 Å². The molecule has 1 fully saturated rings. The Hall–Kier alpha value is -0.910. The molecule has 96 valence electrons. The average Bonchev–Trinajstić information content (AvgIpc) is 2.71. The van der Waals surface area contributed by atoms with Gasteiger partial charge in [0, 0.05) is 45.3 Å². The average molecular weight is 239 g/mol. The van der Waals surface area contributed by atoms with Crippen LogP contribution in [-0.4, -0.2) is 40.7 Å². The number of aliphatic hydroxyl groups excluding tert-OH is 1. The van der Waals surface area contributed by atoms with Gasteiger partial charge in [-0.1, -0.05) is 0 Å². The molecule has 1 unspecified atom stereocenters. The van der Waals surface area contributed by atoms with E-state index < -0.39 is 6.10 Å². The van der Waals surface area contributed by atoms with Crippen LogP contribution in [0.4, 0.5) is 0 Å². The summed E-state index contributed by atoms with van der Waals surface area (Å²) in [5.74, 6) is 0.463. The SMILES string of the molecule is Cn1cc(CC(O)CN)c(C2CCOCC2)n1. The molecule has 0 aromatic carbocycles. The van der Waals surface area contributed by atoms with E-state index in [0.29, 0.717) is 18.9 Å². The Morgan fingerprint density at radius 1 is 1.59 bits per heavy atom. The summed E-state index contributed by atoms with van der Waals surface area (Å²) in [7, 11) is 1.92. The number of aliphatic hydroxyl groups is 1. The highest BCUT2D eigenvalue weighted by Crippen LogP contribution is 2.28. The second-order valence-electron chi connectivity index (χ2n) is 4.69. The standard InChI is InChI=1S/C12H21N3O2/c1-15-8-10(6-11(16)7-13)12(14-15)9-2-4-17-5-3-9/h8-9,11,16H,2-7,13H2,1H3. The van der Waals surface area contributed by atoms with E-state index in [1.165, 1.54) is 0 Å². The van der Waals surface area contributed by atoms with Gasteiger partial charge in [-0.15, -0.1) is 0 Å². The fourth-order valence-corrected chi connectivity index (χ4v) is 2.36. The number of aryl methyl sites for hydroxylation is 1. The van der Waals surface area contributed by atoms with Crippen LogP contribution in [-0.2, 0) is 18.2 Å². The smallest absolute Gasteiger partial charge is 0.0703 e. The van der Waals surface area contributed by atoms with Crippen molar-refractivity contribution in [2.75, 3.05) is 19.8 Å². The van der Waals surface area contributed by atoms with Crippen molar-refractivity contribution >= 4 is 0 Å². The molecule has 0 saturated carbocycles. The van der Waals surface area contributed by atoms with Gasteiger partial charge in [0.1, 0.15) is 0 Å². The van der Waals surface area contributed by atoms with Crippen molar-refractivity contribution in [2.24, 2.45) is 12.8 Å². The molecular formula is C12H21N3O2. The van der Waals surface area contributed by atoms with E-state index in [9.17, 15) is 5.11 Å². The number of hydrogen-bond donors (Lipinski definition) is 2. The largest absolute Gasteiger partial charge is 0.391 e. The fourth-order valence-electron chi connectivity index (χ4n) is 2.36. The van der Waals surface area contributed by atoms with E-state index in [1.54, 1.807) is 0 Å². The monoisotopic (exact) mass is 239 g/mol. The Labute approximate surface area is 102 Å². The maximum Gasteiger partial charge on any atom is 0.0703 e. The van der Waals surface area contributed by atoms with Gasteiger partial charge in [0.2, 0.25) is 0 Å². The molecule has 17 heavy (non-hydrogen) atoms. The van der Waals surface area contributed by atoms with Gasteiger partial charge in [-0.2, -0.15) is 5.10 Å². The number of nitrogens with zero attached hydrogens (tertiary/aromatic N) is 2. The first-order valence-corrected chi connectivity index (χ1v) is 6.19. The van der Waals surface area contributed by atoms with Gasteiger partial charge < -0.3 is 15.6 Å². The summed E-state index contributed by atoms with van der Waals surface area (Å²) in [5, 5.41) is 14.2. The van der Waals surface area contributed by atoms with Crippen LogP contribution >= 0.6 is 0 Å². The highest BCUT2D eigenvalue weighted by molar-refractivity contribution is 5.22. The zero-order valence-corrected chi connectivity index (χ0v) is 10.3. The molecule has 1 aromatic rings. The molecule has 0 amide bonds. The van der Waals surface area contributed by atoms with Crippen molar-refractivity contribution in [3.8, 4) is 0 Å². The van der Waals surface area contributed by atoms with Crippen LogP contribution in [0.5, 0.6) is 0 Å². The first kappa shape index (κ1) is 12.5. The minimum atomic E-state index is -0.474. The number of rotatable bonds is 4. The summed E-state index contributed by atoms with van der Waals surface area (Å²) < 4.78 is 7.19. The number of ether oxygens (including phenoxy) is 1. The van der Waals surface area contributed by atoms with Crippen molar-refractivity contribution in [1.82, 2.24) is 9.78 Å². The topological polar surface area (TPSA) is 73.3 Å². The van der Waals surface area contributed by atoms with Crippen LogP contribution in [0.1, 0.15) is 30.0 Å². The van der Waals surface area contributed by atoms with Crippen molar-refractivity contribution in [3.63, 3.8) is 0 Å². The van der Waals surface area contributed by atoms with Crippen molar-refractivity contribution in [3.05, 3.63) is 17.5 Å². The highest BCUT2D eigenvalue weighted by Gasteiger charge is 2.22. The normalized spacial score (nSPS) is 19.5. The van der Waals surface area contributed by atoms with E-state index >= 15 is 0 Å². The summed E-state index contributed by atoms with van der Waals surface area (Å²) in [4.78, 5) is 0. The minimum absolute atomic E-state index is 0.294. The zero-order chi connectivity index (χ0) is 12.3. The lowest BCUT2D eigenvalue weighted by atomic mass is 9.92. The lowest BCUT2D eigenvalue weighted by molar-refractivity contribution is 0.0840. The minimum Gasteiger partial charge on any atom is -0.391 e. The summed E-state index contributed by atoms with van der Waals surface area (Å²) in [5.41, 5.74) is 7.69. The van der Waals surface area contributed by atoms with Crippen molar-refractivity contribution in [2.45, 2.75) is 31.3 Å². The quantitative estimate of drug-likeness (QED) is 0.786. The molecule has 0 spiro atoms. The van der Waals surface area contributed by atoms with Gasteiger partial charge >= 0.3 is 0 Å². The van der Waals surface area contributed by atoms with Gasteiger partial charge in [0.25, 0.3) is 0 Å². The number of hydrogen-bond acceptors (Lipinski definition) is 4. The Morgan fingerprint density at radius 3 is 2.94 bits per heavy atom. The summed E-state index contributed by atoms with van der Waals surface area (Å²) in [6.07, 6.45) is 4.14. The number of nitrogens with two attached hydrogens (primary N) is 1. The molecule has 2 heterocycles. The van der Waals surface area contributed by atoms with Crippen LogP contribution in [0.25, 0.3) is 0 Å². The molecule has 5 heteroatoms. The van der Waals surface area contributed by atoms with Crippen LogP contribution < -0.4 is 5.73 Å². The predicted molar refractivity (Wildman–Crippen MR) is 64.8 cm³/mol. The molecule has 2 rings (SSSR count). The lowest BCUT2D eigenvalue weighted by Crippen LogP contribution is -2.23. The Kier molecular flexibility index (Phi) is 4.15. The predicted octanol–water partition coefficient (Wildman–Crippen LogP) is 0.176. The van der Waals surface area contributed by atoms with Gasteiger partial charge in [-0.3, -0.25) is 4.68 Å². The van der Waals surface area contributed by atoms with E-state index in [4.69, 9.17) is 10.5 Å². The fraction of sp³-hybridized carbons (Fsp3) is 0.750. The molecule has 0 radical (unpaired) electrons. The first-order valence-electron chi connectivity index (χ1n) is 6.19. The second-order valence-corrected chi connectivity index (χ2v) is 4.69. The molecule has 1 aliphatic rings. The van der Waals surface area contributed by atoms with Gasteiger partial charge in [-0.25, -0.2) is 0 Å². The molecule has 1 aromatic heterocycles. The third kappa shape index (κ3) is 3.06. The Morgan fingerprint density at radius 2 is 2.29 bits per heavy atom. The third-order valence-corrected chi connectivity index (χ3v) is 3.27. The molecule has 5 nitrogen and oxygen atoms in total. The summed E-state index contributed by atoms with van der Waals surface area (Å²) in [6, 6.07) is 0. The van der Waals surface area contributed by atoms with E-state index in [-0.39, 0.29) is 0 Å². The summed E-state index contributed by atoms with van der Waals surface area (Å²) >= 11 is 0. The Balaban J connectivity index is 2.14. The van der Waals surface area contributed by atoms with E-state index in [1.807, 2.05) is 17.9 Å². The molecule has 0 aliphatic carbocycles. The van der Waals surface area contributed by atoms with E-state index in [2.05, 4.69) is 5.10 Å². The van der Waals surface area contributed by atoms with Crippen molar-refractivity contribution in [1.29, 1.82) is 0 Å². The van der Waals surface area contributed by atoms with Crippen LogP contribution in [0, 0.1) is 0 Å². The molecule has 1 atom stereocenters. The Bertz CT molecular complexity index is 359. The maximum absolute atomic E-state index is 9.66. The first-order chi connectivity index (χ1) is 8.20. The molecular weight excluding hydrogens is 218 g/mol. The van der Waals surface area contributed by atoms with Crippen LogP contribution in [0.2, 0.25) is 0 Å². The lowest BCUT2D eigenvalue weighted by Gasteiger charge is -2.21. The second kappa shape index (κ2) is 5.62. The molecule has 1 saturated heterocycles. The number of aromatic nitrogens is 2. The van der Waals surface area contributed by atoms with Crippen molar-refractivity contribution < 1.29 is 9.84 Å². The van der Waals surface area contributed by atoms with Crippen LogP contribution in [0.15, 0.2) is 6.20 Å². The molecule has 0 bridgehead atoms. The summed E-state index contributed by atoms with van der Waals surface area (Å²) in [6.45, 7) is 1.91. The maximum atomic E-state index is 9.66. The molecule has 3 N–H and O–H groups in total. The highest BCUT2D eigenvalue weighted by atomic mass is 16.5. The van der Waals surface area contributed by atoms with Gasteiger partial charge in [0.15, 0.2) is 0 Å². The van der Waals surface area contributed by atoms with Crippen LogP contribution in [0.3, 0.4) is 0 Å². The van der Waals surface area contributed by atoms with Gasteiger partial charge in [-0.05, 0) is 18.4 Å².